The molecule has 0 aliphatic rings. The van der Waals surface area contributed by atoms with Crippen LogP contribution in [0.15, 0.2) is 51.4 Å². The highest BCUT2D eigenvalue weighted by molar-refractivity contribution is 5.86. The number of hydrogen-bond acceptors (Lipinski definition) is 8. The first-order chi connectivity index (χ1) is 11.1. The van der Waals surface area contributed by atoms with Crippen molar-refractivity contribution in [3.05, 3.63) is 64.2 Å². The number of nitro groups is 1. The van der Waals surface area contributed by atoms with Gasteiger partial charge in [0.05, 0.1) is 6.07 Å². The van der Waals surface area contributed by atoms with Crippen molar-refractivity contribution in [3.8, 4) is 11.4 Å². The summed E-state index contributed by atoms with van der Waals surface area (Å²) in [6.07, 6.45) is 0. The Balaban J connectivity index is 1.63. The standard InChI is InChI=1S/C14H9N3O6/c18-14(10-6-7-12(22-10)17(19)20)21-8-11-15-13(16-23-11)9-4-2-1-3-5-9/h1-7H,8H2. The van der Waals surface area contributed by atoms with Gasteiger partial charge in [-0.1, -0.05) is 35.5 Å². The van der Waals surface area contributed by atoms with Gasteiger partial charge in [0.1, 0.15) is 4.92 Å². The Hall–Kier alpha value is -3.49. The number of nitrogens with zero attached hydrogens (tertiary/aromatic N) is 3. The van der Waals surface area contributed by atoms with E-state index in [2.05, 4.69) is 10.1 Å². The topological polar surface area (TPSA) is 122 Å². The molecule has 0 unspecified atom stereocenters. The monoisotopic (exact) mass is 315 g/mol. The largest absolute Gasteiger partial charge is 0.450 e. The Labute approximate surface area is 128 Å². The Morgan fingerprint density at radius 1 is 1.22 bits per heavy atom. The van der Waals surface area contributed by atoms with Gasteiger partial charge in [-0.2, -0.15) is 4.98 Å². The van der Waals surface area contributed by atoms with Crippen LogP contribution in [0.3, 0.4) is 0 Å². The summed E-state index contributed by atoms with van der Waals surface area (Å²) in [5.41, 5.74) is 0.760. The third-order valence-corrected chi connectivity index (χ3v) is 2.80. The van der Waals surface area contributed by atoms with E-state index in [-0.39, 0.29) is 18.3 Å². The Bertz CT molecular complexity index is 839. The fourth-order valence-electron chi connectivity index (χ4n) is 1.75. The van der Waals surface area contributed by atoms with Crippen LogP contribution in [-0.4, -0.2) is 21.0 Å². The molecule has 0 aliphatic carbocycles. The maximum atomic E-state index is 11.7. The zero-order valence-electron chi connectivity index (χ0n) is 11.5. The van der Waals surface area contributed by atoms with Crippen LogP contribution in [0.4, 0.5) is 5.88 Å². The number of hydrogen-bond donors (Lipinski definition) is 0. The van der Waals surface area contributed by atoms with Crippen LogP contribution in [0.5, 0.6) is 0 Å². The number of aromatic nitrogens is 2. The predicted octanol–water partition coefficient (Wildman–Crippen LogP) is 2.59. The Morgan fingerprint density at radius 2 is 2.00 bits per heavy atom. The van der Waals surface area contributed by atoms with E-state index >= 15 is 0 Å². The summed E-state index contributed by atoms with van der Waals surface area (Å²) in [5.74, 6) is -1.22. The summed E-state index contributed by atoms with van der Waals surface area (Å²) in [6.45, 7) is -0.271. The zero-order valence-corrected chi connectivity index (χ0v) is 11.5. The molecule has 2 heterocycles. The van der Waals surface area contributed by atoms with Crippen LogP contribution in [0.2, 0.25) is 0 Å². The number of ether oxygens (including phenoxy) is 1. The second-order valence-electron chi connectivity index (χ2n) is 4.35. The van der Waals surface area contributed by atoms with E-state index in [9.17, 15) is 14.9 Å². The summed E-state index contributed by atoms with van der Waals surface area (Å²) in [5, 5.41) is 14.3. The lowest BCUT2D eigenvalue weighted by molar-refractivity contribution is -0.402. The van der Waals surface area contributed by atoms with Gasteiger partial charge >= 0.3 is 11.9 Å². The van der Waals surface area contributed by atoms with E-state index in [1.54, 1.807) is 0 Å². The molecule has 0 spiro atoms. The van der Waals surface area contributed by atoms with E-state index in [0.29, 0.717) is 5.82 Å². The number of carbonyl (C=O) groups is 1. The molecule has 0 saturated carbocycles. The number of carbonyl (C=O) groups excluding carboxylic acids is 1. The SMILES string of the molecule is O=C(OCc1nc(-c2ccccc2)no1)c1ccc([N+](=O)[O-])o1. The lowest BCUT2D eigenvalue weighted by Gasteiger charge is -1.97. The van der Waals surface area contributed by atoms with Crippen molar-refractivity contribution in [1.29, 1.82) is 0 Å². The molecule has 3 rings (SSSR count). The van der Waals surface area contributed by atoms with Gasteiger partial charge in [0.25, 0.3) is 5.89 Å². The third-order valence-electron chi connectivity index (χ3n) is 2.80. The number of rotatable bonds is 5. The predicted molar refractivity (Wildman–Crippen MR) is 74.2 cm³/mol. The molecule has 0 bridgehead atoms. The molecule has 9 nitrogen and oxygen atoms in total. The van der Waals surface area contributed by atoms with Crippen molar-refractivity contribution in [2.45, 2.75) is 6.61 Å². The summed E-state index contributed by atoms with van der Waals surface area (Å²) in [4.78, 5) is 25.5. The quantitative estimate of drug-likeness (QED) is 0.400. The van der Waals surface area contributed by atoms with Crippen LogP contribution < -0.4 is 0 Å². The first-order valence-corrected chi connectivity index (χ1v) is 6.43. The molecular weight excluding hydrogens is 306 g/mol. The smallest absolute Gasteiger partial charge is 0.433 e. The minimum Gasteiger partial charge on any atom is -0.450 e. The molecule has 0 fully saturated rings. The van der Waals surface area contributed by atoms with Gasteiger partial charge in [-0.05, 0) is 6.07 Å². The Morgan fingerprint density at radius 3 is 2.70 bits per heavy atom. The fourth-order valence-corrected chi connectivity index (χ4v) is 1.75. The van der Waals surface area contributed by atoms with E-state index in [1.807, 2.05) is 30.3 Å². The molecule has 0 aliphatic heterocycles. The van der Waals surface area contributed by atoms with Gasteiger partial charge in [0, 0.05) is 5.56 Å². The lowest BCUT2D eigenvalue weighted by Crippen LogP contribution is -2.04. The van der Waals surface area contributed by atoms with Gasteiger partial charge in [-0.15, -0.1) is 0 Å². The number of esters is 1. The summed E-state index contributed by atoms with van der Waals surface area (Å²) in [7, 11) is 0. The van der Waals surface area contributed by atoms with Crippen molar-refractivity contribution < 1.29 is 23.4 Å². The van der Waals surface area contributed by atoms with Gasteiger partial charge < -0.3 is 13.7 Å². The molecule has 0 saturated heterocycles. The van der Waals surface area contributed by atoms with Crippen molar-refractivity contribution in [1.82, 2.24) is 10.1 Å². The van der Waals surface area contributed by atoms with E-state index in [4.69, 9.17) is 13.7 Å². The zero-order chi connectivity index (χ0) is 16.2. The van der Waals surface area contributed by atoms with Gasteiger partial charge in [-0.3, -0.25) is 10.1 Å². The normalized spacial score (nSPS) is 10.4. The fraction of sp³-hybridized carbons (Fsp3) is 0.0714. The first kappa shape index (κ1) is 14.4. The molecule has 9 heteroatoms. The van der Waals surface area contributed by atoms with Crippen molar-refractivity contribution in [2.24, 2.45) is 0 Å². The Kier molecular flexibility index (Phi) is 3.83. The van der Waals surface area contributed by atoms with Gasteiger partial charge in [0.15, 0.2) is 6.61 Å². The van der Waals surface area contributed by atoms with Crippen LogP contribution in [0, 0.1) is 10.1 Å². The molecule has 0 radical (unpaired) electrons. The van der Waals surface area contributed by atoms with Crippen molar-refractivity contribution in [2.75, 3.05) is 0 Å². The second kappa shape index (κ2) is 6.10. The number of benzene rings is 1. The van der Waals surface area contributed by atoms with Crippen LogP contribution in [0.1, 0.15) is 16.4 Å². The van der Waals surface area contributed by atoms with Crippen molar-refractivity contribution >= 4 is 11.9 Å². The summed E-state index contributed by atoms with van der Waals surface area (Å²) >= 11 is 0. The highest BCUT2D eigenvalue weighted by Gasteiger charge is 2.19. The maximum Gasteiger partial charge on any atom is 0.433 e. The van der Waals surface area contributed by atoms with Gasteiger partial charge in [-0.25, -0.2) is 4.79 Å². The van der Waals surface area contributed by atoms with E-state index in [0.717, 1.165) is 17.7 Å². The molecule has 1 aromatic carbocycles. The molecule has 0 amide bonds. The molecule has 0 atom stereocenters. The number of furan rings is 1. The minimum atomic E-state index is -0.863. The molecule has 23 heavy (non-hydrogen) atoms. The average Bonchev–Trinajstić information content (AvgIpc) is 3.23. The highest BCUT2D eigenvalue weighted by Crippen LogP contribution is 2.18. The molecule has 2 aromatic heterocycles. The average molecular weight is 315 g/mol. The van der Waals surface area contributed by atoms with E-state index in [1.165, 1.54) is 0 Å². The summed E-state index contributed by atoms with van der Waals surface area (Å²) in [6, 6.07) is 11.4. The van der Waals surface area contributed by atoms with Crippen molar-refractivity contribution in [3.63, 3.8) is 0 Å². The third kappa shape index (κ3) is 3.23. The molecular formula is C14H9N3O6. The second-order valence-corrected chi connectivity index (χ2v) is 4.35. The highest BCUT2D eigenvalue weighted by atomic mass is 16.7. The van der Waals surface area contributed by atoms with Crippen LogP contribution >= 0.6 is 0 Å². The summed E-state index contributed by atoms with van der Waals surface area (Å²) < 4.78 is 14.6. The van der Waals surface area contributed by atoms with Crippen LogP contribution in [-0.2, 0) is 11.3 Å². The van der Waals surface area contributed by atoms with Gasteiger partial charge in [0.2, 0.25) is 11.6 Å². The molecule has 3 aromatic rings. The van der Waals surface area contributed by atoms with E-state index < -0.39 is 16.8 Å². The van der Waals surface area contributed by atoms with Crippen LogP contribution in [0.25, 0.3) is 11.4 Å². The first-order valence-electron chi connectivity index (χ1n) is 6.43. The maximum absolute atomic E-state index is 11.7. The molecule has 116 valence electrons. The minimum absolute atomic E-state index is 0.0956. The molecule has 0 N–H and O–H groups in total. The lowest BCUT2D eigenvalue weighted by atomic mass is 10.2.